The van der Waals surface area contributed by atoms with Crippen molar-refractivity contribution in [1.29, 1.82) is 0 Å². The molecule has 0 aliphatic heterocycles. The first-order valence-electron chi connectivity index (χ1n) is 7.24. The van der Waals surface area contributed by atoms with Crippen molar-refractivity contribution in [2.24, 2.45) is 0 Å². The summed E-state index contributed by atoms with van der Waals surface area (Å²) in [6.07, 6.45) is 1.20. The summed E-state index contributed by atoms with van der Waals surface area (Å²) in [7, 11) is -3.17. The lowest BCUT2D eigenvalue weighted by Crippen LogP contribution is -2.36. The van der Waals surface area contributed by atoms with E-state index in [-0.39, 0.29) is 6.04 Å². The van der Waals surface area contributed by atoms with Crippen molar-refractivity contribution < 1.29 is 8.42 Å². The quantitative estimate of drug-likeness (QED) is 0.814. The molecule has 0 fully saturated rings. The third kappa shape index (κ3) is 5.33. The van der Waals surface area contributed by atoms with Crippen molar-refractivity contribution in [3.63, 3.8) is 0 Å². The second kappa shape index (κ2) is 7.57. The lowest BCUT2D eigenvalue weighted by Gasteiger charge is -2.17. The number of thiocarbonyl (C=S) groups is 1. The van der Waals surface area contributed by atoms with Gasteiger partial charge in [0.25, 0.3) is 0 Å². The summed E-state index contributed by atoms with van der Waals surface area (Å²) in [6, 6.07) is 16.8. The Kier molecular flexibility index (Phi) is 5.74. The molecule has 2 rings (SSSR count). The summed E-state index contributed by atoms with van der Waals surface area (Å²) in [5.41, 5.74) is 2.13. The Morgan fingerprint density at radius 1 is 1.09 bits per heavy atom. The smallest absolute Gasteiger partial charge is 0.175 e. The number of sulfone groups is 1. The summed E-state index contributed by atoms with van der Waals surface area (Å²) in [5.74, 6) is 0. The van der Waals surface area contributed by atoms with Crippen LogP contribution in [0.2, 0.25) is 0 Å². The van der Waals surface area contributed by atoms with Crippen molar-refractivity contribution in [3.8, 4) is 0 Å². The highest BCUT2D eigenvalue weighted by molar-refractivity contribution is 7.90. The van der Waals surface area contributed by atoms with Crippen LogP contribution in [0, 0.1) is 0 Å². The number of benzene rings is 2. The van der Waals surface area contributed by atoms with Gasteiger partial charge in [0, 0.05) is 12.8 Å². The normalized spacial score (nSPS) is 12.4. The van der Waals surface area contributed by atoms with E-state index in [0.29, 0.717) is 16.6 Å². The molecule has 4 nitrogen and oxygen atoms in total. The Bertz CT molecular complexity index is 757. The fourth-order valence-corrected chi connectivity index (χ4v) is 2.99. The molecule has 0 amide bonds. The highest BCUT2D eigenvalue weighted by atomic mass is 32.2. The number of hydrogen-bond donors (Lipinski definition) is 2. The largest absolute Gasteiger partial charge is 0.359 e. The van der Waals surface area contributed by atoms with E-state index in [2.05, 4.69) is 10.6 Å². The van der Waals surface area contributed by atoms with Crippen molar-refractivity contribution >= 4 is 27.2 Å². The van der Waals surface area contributed by atoms with Crippen LogP contribution in [-0.4, -0.2) is 19.8 Å². The molecule has 0 radical (unpaired) electrons. The summed E-state index contributed by atoms with van der Waals surface area (Å²) in [4.78, 5) is 0.318. The molecule has 0 aliphatic rings. The Balaban J connectivity index is 1.90. The number of hydrogen-bond acceptors (Lipinski definition) is 3. The van der Waals surface area contributed by atoms with Gasteiger partial charge in [0.2, 0.25) is 0 Å². The summed E-state index contributed by atoms with van der Waals surface area (Å²) >= 11 is 5.30. The van der Waals surface area contributed by atoms with Gasteiger partial charge in [-0.2, -0.15) is 0 Å². The predicted octanol–water partition coefficient (Wildman–Crippen LogP) is 2.82. The van der Waals surface area contributed by atoms with Crippen LogP contribution in [0.4, 0.5) is 0 Å². The van der Waals surface area contributed by atoms with E-state index in [0.717, 1.165) is 11.1 Å². The maximum absolute atomic E-state index is 11.5. The van der Waals surface area contributed by atoms with Crippen LogP contribution in [0.1, 0.15) is 24.1 Å². The van der Waals surface area contributed by atoms with Crippen LogP contribution < -0.4 is 10.6 Å². The standard InChI is InChI=1S/C17H20N2O2S2/c1-13(15-8-10-16(11-9-15)23(2,20)21)19-17(22)18-12-14-6-4-3-5-7-14/h3-11,13H,12H2,1-2H3,(H2,18,19,22)/t13-/m1/s1. The van der Waals surface area contributed by atoms with Gasteiger partial charge in [-0.1, -0.05) is 42.5 Å². The molecular formula is C17H20N2O2S2. The Morgan fingerprint density at radius 3 is 2.26 bits per heavy atom. The monoisotopic (exact) mass is 348 g/mol. The topological polar surface area (TPSA) is 58.2 Å². The van der Waals surface area contributed by atoms with Crippen molar-refractivity contribution in [1.82, 2.24) is 10.6 Å². The molecule has 2 aromatic carbocycles. The Morgan fingerprint density at radius 2 is 1.70 bits per heavy atom. The molecule has 23 heavy (non-hydrogen) atoms. The van der Waals surface area contributed by atoms with Gasteiger partial charge >= 0.3 is 0 Å². The van der Waals surface area contributed by atoms with Crippen LogP contribution >= 0.6 is 12.2 Å². The van der Waals surface area contributed by atoms with E-state index in [9.17, 15) is 8.42 Å². The molecule has 0 saturated heterocycles. The minimum atomic E-state index is -3.17. The second-order valence-electron chi connectivity index (χ2n) is 5.38. The fraction of sp³-hybridized carbons (Fsp3) is 0.235. The third-order valence-electron chi connectivity index (χ3n) is 3.45. The van der Waals surface area contributed by atoms with E-state index >= 15 is 0 Å². The maximum Gasteiger partial charge on any atom is 0.175 e. The van der Waals surface area contributed by atoms with E-state index in [1.54, 1.807) is 24.3 Å². The molecule has 122 valence electrons. The van der Waals surface area contributed by atoms with Crippen LogP contribution in [-0.2, 0) is 16.4 Å². The van der Waals surface area contributed by atoms with Gasteiger partial charge < -0.3 is 10.6 Å². The first kappa shape index (κ1) is 17.4. The van der Waals surface area contributed by atoms with E-state index in [1.807, 2.05) is 37.3 Å². The zero-order valence-corrected chi connectivity index (χ0v) is 14.7. The minimum absolute atomic E-state index is 0.0145. The van der Waals surface area contributed by atoms with Crippen LogP contribution in [0.3, 0.4) is 0 Å². The van der Waals surface area contributed by atoms with Gasteiger partial charge in [-0.15, -0.1) is 0 Å². The van der Waals surface area contributed by atoms with Gasteiger partial charge in [-0.05, 0) is 42.4 Å². The highest BCUT2D eigenvalue weighted by Crippen LogP contribution is 2.16. The van der Waals surface area contributed by atoms with Crippen molar-refractivity contribution in [3.05, 3.63) is 65.7 Å². The molecule has 0 aromatic heterocycles. The third-order valence-corrected chi connectivity index (χ3v) is 4.84. The fourth-order valence-electron chi connectivity index (χ4n) is 2.11. The van der Waals surface area contributed by atoms with E-state index in [4.69, 9.17) is 12.2 Å². The number of nitrogens with one attached hydrogen (secondary N) is 2. The molecule has 0 unspecified atom stereocenters. The van der Waals surface area contributed by atoms with Gasteiger partial charge in [0.1, 0.15) is 0 Å². The molecule has 1 atom stereocenters. The molecule has 0 saturated carbocycles. The average molecular weight is 348 g/mol. The van der Waals surface area contributed by atoms with E-state index in [1.165, 1.54) is 6.26 Å². The van der Waals surface area contributed by atoms with Gasteiger partial charge in [-0.3, -0.25) is 0 Å². The van der Waals surface area contributed by atoms with Crippen LogP contribution in [0.5, 0.6) is 0 Å². The average Bonchev–Trinajstić information content (AvgIpc) is 2.53. The highest BCUT2D eigenvalue weighted by Gasteiger charge is 2.10. The molecule has 2 aromatic rings. The molecule has 0 heterocycles. The van der Waals surface area contributed by atoms with Gasteiger partial charge in [0.05, 0.1) is 10.9 Å². The van der Waals surface area contributed by atoms with Crippen molar-refractivity contribution in [2.45, 2.75) is 24.4 Å². The molecule has 0 spiro atoms. The second-order valence-corrected chi connectivity index (χ2v) is 7.80. The molecule has 2 N–H and O–H groups in total. The summed E-state index contributed by atoms with van der Waals surface area (Å²) < 4.78 is 22.9. The lowest BCUT2D eigenvalue weighted by atomic mass is 10.1. The van der Waals surface area contributed by atoms with Crippen molar-refractivity contribution in [2.75, 3.05) is 6.26 Å². The summed E-state index contributed by atoms with van der Waals surface area (Å²) in [6.45, 7) is 2.64. The first-order chi connectivity index (χ1) is 10.9. The minimum Gasteiger partial charge on any atom is -0.359 e. The van der Waals surface area contributed by atoms with Gasteiger partial charge in [-0.25, -0.2) is 8.42 Å². The Hall–Kier alpha value is -1.92. The first-order valence-corrected chi connectivity index (χ1v) is 9.54. The molecule has 0 aliphatic carbocycles. The maximum atomic E-state index is 11.5. The van der Waals surface area contributed by atoms with E-state index < -0.39 is 9.84 Å². The Labute approximate surface area is 142 Å². The molecule has 0 bridgehead atoms. The zero-order valence-electron chi connectivity index (χ0n) is 13.1. The summed E-state index contributed by atoms with van der Waals surface area (Å²) in [5, 5.41) is 6.92. The van der Waals surface area contributed by atoms with Crippen LogP contribution in [0.25, 0.3) is 0 Å². The number of rotatable bonds is 5. The lowest BCUT2D eigenvalue weighted by molar-refractivity contribution is 0.601. The molecular weight excluding hydrogens is 328 g/mol. The zero-order chi connectivity index (χ0) is 16.9. The van der Waals surface area contributed by atoms with Crippen LogP contribution in [0.15, 0.2) is 59.5 Å². The molecule has 6 heteroatoms. The predicted molar refractivity (Wildman–Crippen MR) is 97.0 cm³/mol. The van der Waals surface area contributed by atoms with Gasteiger partial charge in [0.15, 0.2) is 14.9 Å². The SMILES string of the molecule is C[C@@H](NC(=S)NCc1ccccc1)c1ccc(S(C)(=O)=O)cc1.